The van der Waals surface area contributed by atoms with Gasteiger partial charge in [0, 0.05) is 32.7 Å². The Morgan fingerprint density at radius 1 is 0.677 bits per heavy atom. The molecule has 0 spiro atoms. The molecule has 0 aromatic heterocycles. The minimum atomic E-state index is -1.55. The quantitative estimate of drug-likeness (QED) is 0.192. The van der Waals surface area contributed by atoms with E-state index in [9.17, 15) is 5.11 Å². The van der Waals surface area contributed by atoms with Crippen molar-refractivity contribution in [1.82, 2.24) is 16.0 Å². The average Bonchev–Trinajstić information content (AvgIpc) is 2.81. The van der Waals surface area contributed by atoms with Crippen molar-refractivity contribution in [2.45, 2.75) is 37.5 Å². The lowest BCUT2D eigenvalue weighted by molar-refractivity contribution is -0.113. The Bertz CT molecular complexity index is 619. The minimum Gasteiger partial charge on any atom is -0.394 e. The first-order valence-corrected chi connectivity index (χ1v) is 10.5. The largest absolute Gasteiger partial charge is 0.394 e. The van der Waals surface area contributed by atoms with Crippen LogP contribution < -0.4 is 16.0 Å². The van der Waals surface area contributed by atoms with E-state index in [1.807, 2.05) is 12.1 Å². The van der Waals surface area contributed by atoms with E-state index >= 15 is 0 Å². The van der Waals surface area contributed by atoms with Gasteiger partial charge in [-0.25, -0.2) is 0 Å². The Balaban J connectivity index is 0.000000330. The molecule has 0 heterocycles. The van der Waals surface area contributed by atoms with E-state index in [0.29, 0.717) is 0 Å². The fraction of sp³-hybridized carbons (Fsp3) is 0.478. The first-order valence-electron chi connectivity index (χ1n) is 10.5. The van der Waals surface area contributed by atoms with Gasteiger partial charge in [-0.3, -0.25) is 0 Å². The van der Waals surface area contributed by atoms with Gasteiger partial charge in [0.05, 0.1) is 12.7 Å². The molecule has 0 radical (unpaired) electrons. The highest BCUT2D eigenvalue weighted by Crippen LogP contribution is 2.04. The Morgan fingerprint density at radius 2 is 1.10 bits per heavy atom. The summed E-state index contributed by atoms with van der Waals surface area (Å²) in [6.07, 6.45) is -5.65. The zero-order valence-corrected chi connectivity index (χ0v) is 18.1. The van der Waals surface area contributed by atoms with Crippen molar-refractivity contribution in [3.63, 3.8) is 0 Å². The molecule has 31 heavy (non-hydrogen) atoms. The molecule has 0 bridgehead atoms. The highest BCUT2D eigenvalue weighted by molar-refractivity contribution is 5.15. The van der Waals surface area contributed by atoms with Crippen molar-refractivity contribution in [3.8, 4) is 0 Å². The minimum absolute atomic E-state index is 0.0936. The first-order chi connectivity index (χ1) is 15.0. The molecule has 8 N–H and O–H groups in total. The molecule has 0 aliphatic carbocycles. The number of aliphatic hydroxyl groups is 5. The first kappa shape index (κ1) is 27.2. The van der Waals surface area contributed by atoms with Crippen molar-refractivity contribution in [2.24, 2.45) is 0 Å². The molecule has 2 aromatic rings. The van der Waals surface area contributed by atoms with Gasteiger partial charge in [0.25, 0.3) is 0 Å². The third-order valence-electron chi connectivity index (χ3n) is 4.56. The predicted octanol–water partition coefficient (Wildman–Crippen LogP) is -0.792. The summed E-state index contributed by atoms with van der Waals surface area (Å²) >= 11 is 0. The van der Waals surface area contributed by atoms with Crippen LogP contribution in [0.3, 0.4) is 0 Å². The van der Waals surface area contributed by atoms with Crippen LogP contribution in [0.4, 0.5) is 0 Å². The smallest absolute Gasteiger partial charge is 0.111 e. The van der Waals surface area contributed by atoms with E-state index in [-0.39, 0.29) is 6.54 Å². The van der Waals surface area contributed by atoms with Crippen LogP contribution >= 0.6 is 0 Å². The normalized spacial score (nSPS) is 14.8. The maximum Gasteiger partial charge on any atom is 0.111 e. The van der Waals surface area contributed by atoms with Crippen molar-refractivity contribution in [1.29, 1.82) is 0 Å². The maximum absolute atomic E-state index is 9.21. The van der Waals surface area contributed by atoms with Gasteiger partial charge in [-0.1, -0.05) is 60.7 Å². The van der Waals surface area contributed by atoms with Crippen LogP contribution in [0.2, 0.25) is 0 Å². The summed E-state index contributed by atoms with van der Waals surface area (Å²) in [4.78, 5) is 0. The molecular formula is C23H37N3O5. The van der Waals surface area contributed by atoms with E-state index in [1.165, 1.54) is 11.1 Å². The van der Waals surface area contributed by atoms with Crippen LogP contribution in [0, 0.1) is 0 Å². The van der Waals surface area contributed by atoms with E-state index < -0.39 is 31.0 Å². The molecule has 0 saturated carbocycles. The summed E-state index contributed by atoms with van der Waals surface area (Å²) in [5.74, 6) is 0. The van der Waals surface area contributed by atoms with Crippen LogP contribution in [0.25, 0.3) is 0 Å². The second-order valence-corrected chi connectivity index (χ2v) is 7.18. The standard InChI is InChI=1S/C16H20N2.C7H17NO5/c1-3-7-15(8-4-1)13-17-11-12-18-14-16-9-5-2-6-10-16;1-8-2-4(10)6(12)7(13)5(11)3-9/h1-10,17-18H,11-14H2;4-13H,2-3H2,1H3/t;4-,5+,6+,7+/m.0/s1. The third-order valence-corrected chi connectivity index (χ3v) is 4.56. The van der Waals surface area contributed by atoms with E-state index in [4.69, 9.17) is 20.4 Å². The molecule has 0 unspecified atom stereocenters. The van der Waals surface area contributed by atoms with Gasteiger partial charge in [0.2, 0.25) is 0 Å². The van der Waals surface area contributed by atoms with Crippen LogP contribution in [-0.2, 0) is 13.1 Å². The number of aliphatic hydroxyl groups excluding tert-OH is 5. The van der Waals surface area contributed by atoms with Crippen LogP contribution in [0.1, 0.15) is 11.1 Å². The molecular weight excluding hydrogens is 398 g/mol. The lowest BCUT2D eigenvalue weighted by atomic mass is 10.0. The molecule has 2 rings (SSSR count). The van der Waals surface area contributed by atoms with Crippen molar-refractivity contribution >= 4 is 0 Å². The molecule has 8 heteroatoms. The van der Waals surface area contributed by atoms with Crippen LogP contribution in [0.5, 0.6) is 0 Å². The van der Waals surface area contributed by atoms with Crippen molar-refractivity contribution in [3.05, 3.63) is 71.8 Å². The number of rotatable bonds is 13. The fourth-order valence-electron chi connectivity index (χ4n) is 2.73. The lowest BCUT2D eigenvalue weighted by Crippen LogP contribution is -2.48. The molecule has 2 aromatic carbocycles. The van der Waals surface area contributed by atoms with Gasteiger partial charge in [0.1, 0.15) is 18.3 Å². The predicted molar refractivity (Wildman–Crippen MR) is 121 cm³/mol. The zero-order valence-electron chi connectivity index (χ0n) is 18.1. The lowest BCUT2D eigenvalue weighted by Gasteiger charge is -2.25. The van der Waals surface area contributed by atoms with E-state index in [2.05, 4.69) is 64.5 Å². The highest BCUT2D eigenvalue weighted by Gasteiger charge is 2.29. The van der Waals surface area contributed by atoms with Crippen LogP contribution in [-0.4, -0.2) is 83.2 Å². The van der Waals surface area contributed by atoms with E-state index in [1.54, 1.807) is 7.05 Å². The summed E-state index contributed by atoms with van der Waals surface area (Å²) in [6.45, 7) is 3.28. The number of benzene rings is 2. The molecule has 8 nitrogen and oxygen atoms in total. The molecule has 4 atom stereocenters. The summed E-state index contributed by atoms with van der Waals surface area (Å²) in [5.41, 5.74) is 2.67. The van der Waals surface area contributed by atoms with Gasteiger partial charge in [0.15, 0.2) is 0 Å². The summed E-state index contributed by atoms with van der Waals surface area (Å²) in [7, 11) is 1.57. The summed E-state index contributed by atoms with van der Waals surface area (Å²) in [6, 6.07) is 21.0. The van der Waals surface area contributed by atoms with Crippen molar-refractivity contribution in [2.75, 3.05) is 33.3 Å². The second-order valence-electron chi connectivity index (χ2n) is 7.18. The molecule has 0 fully saturated rings. The Hall–Kier alpha value is -1.88. The third kappa shape index (κ3) is 11.9. The Kier molecular flexibility index (Phi) is 14.7. The Labute approximate surface area is 184 Å². The molecule has 0 aliphatic rings. The number of hydrogen-bond donors (Lipinski definition) is 8. The van der Waals surface area contributed by atoms with Gasteiger partial charge in [-0.15, -0.1) is 0 Å². The van der Waals surface area contributed by atoms with Gasteiger partial charge >= 0.3 is 0 Å². The number of likely N-dealkylation sites (N-methyl/N-ethyl adjacent to an activating group) is 1. The van der Waals surface area contributed by atoms with Crippen LogP contribution in [0.15, 0.2) is 60.7 Å². The van der Waals surface area contributed by atoms with Gasteiger partial charge < -0.3 is 41.5 Å². The average molecular weight is 436 g/mol. The van der Waals surface area contributed by atoms with Gasteiger partial charge in [-0.2, -0.15) is 0 Å². The SMILES string of the molecule is CNC[C@H](O)[C@@H](O)[C@H](O)[C@H](O)CO.c1ccc(CNCCNCc2ccccc2)cc1. The maximum atomic E-state index is 9.21. The monoisotopic (exact) mass is 435 g/mol. The summed E-state index contributed by atoms with van der Waals surface area (Å²) < 4.78 is 0. The van der Waals surface area contributed by atoms with Gasteiger partial charge in [-0.05, 0) is 18.2 Å². The topological polar surface area (TPSA) is 137 Å². The zero-order chi connectivity index (χ0) is 22.9. The molecule has 0 saturated heterocycles. The number of hydrogen-bond acceptors (Lipinski definition) is 8. The van der Waals surface area contributed by atoms with E-state index in [0.717, 1.165) is 26.2 Å². The summed E-state index contributed by atoms with van der Waals surface area (Å²) in [5, 5.41) is 54.3. The molecule has 0 aliphatic heterocycles. The van der Waals surface area contributed by atoms with Crippen molar-refractivity contribution < 1.29 is 25.5 Å². The molecule has 174 valence electrons. The fourth-order valence-corrected chi connectivity index (χ4v) is 2.73. The second kappa shape index (κ2) is 16.8. The molecule has 0 amide bonds. The Morgan fingerprint density at radius 3 is 1.48 bits per heavy atom. The number of nitrogens with one attached hydrogen (secondary N) is 3. The highest BCUT2D eigenvalue weighted by atomic mass is 16.4.